The average Bonchev–Trinajstić information content (AvgIpc) is 2.64. The van der Waals surface area contributed by atoms with Crippen LogP contribution in [0.5, 0.6) is 5.75 Å². The van der Waals surface area contributed by atoms with Crippen LogP contribution in [0.3, 0.4) is 0 Å². The SMILES string of the molecule is COc1ccccc1N1CCN(C(=S)Nc2cc(C)ccc2C)CC1. The molecule has 0 radical (unpaired) electrons. The minimum atomic E-state index is 0.799. The molecule has 0 unspecified atom stereocenters. The average molecular weight is 356 g/mol. The highest BCUT2D eigenvalue weighted by atomic mass is 32.1. The van der Waals surface area contributed by atoms with E-state index in [0.717, 1.165) is 48.4 Å². The molecule has 2 aromatic rings. The van der Waals surface area contributed by atoms with E-state index in [-0.39, 0.29) is 0 Å². The van der Waals surface area contributed by atoms with Crippen molar-refractivity contribution in [3.05, 3.63) is 53.6 Å². The van der Waals surface area contributed by atoms with Gasteiger partial charge in [0.25, 0.3) is 0 Å². The van der Waals surface area contributed by atoms with Crippen molar-refractivity contribution in [2.75, 3.05) is 43.5 Å². The Morgan fingerprint density at radius 3 is 2.48 bits per heavy atom. The Hall–Kier alpha value is -2.27. The van der Waals surface area contributed by atoms with Crippen LogP contribution >= 0.6 is 12.2 Å². The summed E-state index contributed by atoms with van der Waals surface area (Å²) in [7, 11) is 1.72. The standard InChI is InChI=1S/C20H25N3OS/c1-15-8-9-16(2)17(14-15)21-20(25)23-12-10-22(11-13-23)18-6-4-5-7-19(18)24-3/h4-9,14H,10-13H2,1-3H3,(H,21,25). The molecule has 0 saturated carbocycles. The number of methoxy groups -OCH3 is 1. The molecule has 1 aliphatic rings. The molecule has 1 fully saturated rings. The number of nitrogens with zero attached hydrogens (tertiary/aromatic N) is 2. The molecule has 1 saturated heterocycles. The maximum absolute atomic E-state index is 5.63. The predicted octanol–water partition coefficient (Wildman–Crippen LogP) is 3.83. The van der Waals surface area contributed by atoms with Gasteiger partial charge in [0.05, 0.1) is 12.8 Å². The summed E-state index contributed by atoms with van der Waals surface area (Å²) in [5.41, 5.74) is 4.69. The summed E-state index contributed by atoms with van der Waals surface area (Å²) in [6.07, 6.45) is 0. The van der Waals surface area contributed by atoms with Gasteiger partial charge in [-0.1, -0.05) is 24.3 Å². The molecule has 0 spiro atoms. The molecule has 3 rings (SSSR count). The molecule has 0 atom stereocenters. The van der Waals surface area contributed by atoms with Gasteiger partial charge in [-0.3, -0.25) is 0 Å². The first-order valence-corrected chi connectivity index (χ1v) is 9.00. The lowest BCUT2D eigenvalue weighted by atomic mass is 10.1. The van der Waals surface area contributed by atoms with Gasteiger partial charge in [-0.25, -0.2) is 0 Å². The summed E-state index contributed by atoms with van der Waals surface area (Å²) in [6.45, 7) is 7.84. The Labute approximate surface area is 155 Å². The van der Waals surface area contributed by atoms with Crippen LogP contribution in [0.15, 0.2) is 42.5 Å². The maximum atomic E-state index is 5.63. The number of hydrogen-bond donors (Lipinski definition) is 1. The molecule has 0 amide bonds. The van der Waals surface area contributed by atoms with Gasteiger partial charge in [-0.05, 0) is 55.4 Å². The Morgan fingerprint density at radius 2 is 1.76 bits per heavy atom. The molecule has 0 bridgehead atoms. The molecular weight excluding hydrogens is 330 g/mol. The molecule has 1 heterocycles. The highest BCUT2D eigenvalue weighted by Gasteiger charge is 2.21. The number of nitrogens with one attached hydrogen (secondary N) is 1. The highest BCUT2D eigenvalue weighted by Crippen LogP contribution is 2.28. The van der Waals surface area contributed by atoms with Gasteiger partial charge < -0.3 is 19.9 Å². The van der Waals surface area contributed by atoms with Crippen LogP contribution < -0.4 is 15.0 Å². The van der Waals surface area contributed by atoms with Crippen LogP contribution in [-0.2, 0) is 0 Å². The van der Waals surface area contributed by atoms with Crippen molar-refractivity contribution in [2.45, 2.75) is 13.8 Å². The minimum absolute atomic E-state index is 0.799. The van der Waals surface area contributed by atoms with Crippen molar-refractivity contribution in [3.8, 4) is 5.75 Å². The quantitative estimate of drug-likeness (QED) is 0.845. The van der Waals surface area contributed by atoms with Crippen molar-refractivity contribution in [1.29, 1.82) is 0 Å². The third kappa shape index (κ3) is 4.04. The number of aryl methyl sites for hydroxylation is 2. The normalized spacial score (nSPS) is 14.4. The fraction of sp³-hybridized carbons (Fsp3) is 0.350. The van der Waals surface area contributed by atoms with E-state index in [4.69, 9.17) is 17.0 Å². The summed E-state index contributed by atoms with van der Waals surface area (Å²) in [6, 6.07) is 14.6. The van der Waals surface area contributed by atoms with Gasteiger partial charge in [-0.15, -0.1) is 0 Å². The zero-order chi connectivity index (χ0) is 17.8. The van der Waals surface area contributed by atoms with E-state index in [0.29, 0.717) is 0 Å². The smallest absolute Gasteiger partial charge is 0.173 e. The summed E-state index contributed by atoms with van der Waals surface area (Å²) in [5, 5.41) is 4.21. The number of thiocarbonyl (C=S) groups is 1. The summed E-state index contributed by atoms with van der Waals surface area (Å²) in [4.78, 5) is 4.60. The number of piperazine rings is 1. The first-order chi connectivity index (χ1) is 12.1. The highest BCUT2D eigenvalue weighted by molar-refractivity contribution is 7.80. The largest absolute Gasteiger partial charge is 0.495 e. The summed E-state index contributed by atoms with van der Waals surface area (Å²) in [5.74, 6) is 0.923. The van der Waals surface area contributed by atoms with Crippen molar-refractivity contribution in [1.82, 2.24) is 4.90 Å². The topological polar surface area (TPSA) is 27.7 Å². The van der Waals surface area contributed by atoms with E-state index in [1.165, 1.54) is 11.1 Å². The zero-order valence-corrected chi connectivity index (χ0v) is 15.9. The number of ether oxygens (including phenoxy) is 1. The number of benzene rings is 2. The van der Waals surface area contributed by atoms with Crippen LogP contribution in [0.4, 0.5) is 11.4 Å². The summed E-state index contributed by atoms with van der Waals surface area (Å²) < 4.78 is 5.48. The molecule has 0 aliphatic carbocycles. The van der Waals surface area contributed by atoms with Gasteiger partial charge in [0.1, 0.15) is 5.75 Å². The molecule has 1 N–H and O–H groups in total. The Kier molecular flexibility index (Phi) is 5.43. The van der Waals surface area contributed by atoms with Crippen LogP contribution in [0.25, 0.3) is 0 Å². The second-order valence-corrected chi connectivity index (χ2v) is 6.78. The van der Waals surface area contributed by atoms with Crippen LogP contribution in [0, 0.1) is 13.8 Å². The molecule has 25 heavy (non-hydrogen) atoms. The maximum Gasteiger partial charge on any atom is 0.173 e. The monoisotopic (exact) mass is 355 g/mol. The molecule has 5 heteroatoms. The fourth-order valence-corrected chi connectivity index (χ4v) is 3.40. The first-order valence-electron chi connectivity index (χ1n) is 8.59. The zero-order valence-electron chi connectivity index (χ0n) is 15.1. The van der Waals surface area contributed by atoms with E-state index in [1.54, 1.807) is 7.11 Å². The van der Waals surface area contributed by atoms with Crippen molar-refractivity contribution >= 4 is 28.7 Å². The van der Waals surface area contributed by atoms with Crippen molar-refractivity contribution in [3.63, 3.8) is 0 Å². The second-order valence-electron chi connectivity index (χ2n) is 6.39. The van der Waals surface area contributed by atoms with Gasteiger partial charge >= 0.3 is 0 Å². The van der Waals surface area contributed by atoms with Crippen LogP contribution in [0.2, 0.25) is 0 Å². The van der Waals surface area contributed by atoms with Gasteiger partial charge in [0.2, 0.25) is 0 Å². The molecule has 1 aliphatic heterocycles. The van der Waals surface area contributed by atoms with Gasteiger partial charge in [0, 0.05) is 31.9 Å². The van der Waals surface area contributed by atoms with E-state index in [1.807, 2.05) is 12.1 Å². The van der Waals surface area contributed by atoms with Gasteiger partial charge in [0.15, 0.2) is 5.11 Å². The van der Waals surface area contributed by atoms with Crippen molar-refractivity contribution in [2.24, 2.45) is 0 Å². The fourth-order valence-electron chi connectivity index (χ4n) is 3.11. The summed E-state index contributed by atoms with van der Waals surface area (Å²) >= 11 is 5.63. The molecular formula is C20H25N3OS. The Balaban J connectivity index is 1.62. The second kappa shape index (κ2) is 7.74. The third-order valence-electron chi connectivity index (χ3n) is 4.63. The number of anilines is 2. The molecule has 2 aromatic carbocycles. The van der Waals surface area contributed by atoms with Crippen molar-refractivity contribution < 1.29 is 4.74 Å². The first kappa shape index (κ1) is 17.5. The molecule has 132 valence electrons. The molecule has 4 nitrogen and oxygen atoms in total. The minimum Gasteiger partial charge on any atom is -0.495 e. The number of hydrogen-bond acceptors (Lipinski definition) is 3. The van der Waals surface area contributed by atoms with E-state index < -0.39 is 0 Å². The number of para-hydroxylation sites is 2. The van der Waals surface area contributed by atoms with E-state index >= 15 is 0 Å². The predicted molar refractivity (Wildman–Crippen MR) is 109 cm³/mol. The lowest BCUT2D eigenvalue weighted by molar-refractivity contribution is 0.382. The van der Waals surface area contributed by atoms with E-state index in [9.17, 15) is 0 Å². The van der Waals surface area contributed by atoms with Crippen LogP contribution in [-0.4, -0.2) is 43.3 Å². The van der Waals surface area contributed by atoms with Gasteiger partial charge in [-0.2, -0.15) is 0 Å². The van der Waals surface area contributed by atoms with E-state index in [2.05, 4.69) is 59.3 Å². The van der Waals surface area contributed by atoms with Crippen LogP contribution in [0.1, 0.15) is 11.1 Å². The Morgan fingerprint density at radius 1 is 1.04 bits per heavy atom. The third-order valence-corrected chi connectivity index (χ3v) is 4.99. The number of rotatable bonds is 3. The Bertz CT molecular complexity index is 754. The molecule has 0 aromatic heterocycles. The lowest BCUT2D eigenvalue weighted by Crippen LogP contribution is -2.50. The lowest BCUT2D eigenvalue weighted by Gasteiger charge is -2.38.